The summed E-state index contributed by atoms with van der Waals surface area (Å²) >= 11 is 0. The average molecular weight is 703 g/mol. The van der Waals surface area contributed by atoms with E-state index in [2.05, 4.69) is 177 Å². The van der Waals surface area contributed by atoms with E-state index < -0.39 is 0 Å². The van der Waals surface area contributed by atoms with Crippen molar-refractivity contribution in [2.75, 3.05) is 0 Å². The van der Waals surface area contributed by atoms with Gasteiger partial charge in [0.15, 0.2) is 5.82 Å². The highest BCUT2D eigenvalue weighted by atomic mass is 16.3. The van der Waals surface area contributed by atoms with E-state index in [1.54, 1.807) is 0 Å². The van der Waals surface area contributed by atoms with Crippen molar-refractivity contribution in [2.45, 2.75) is 12.3 Å². The molecule has 0 bridgehead atoms. The molecule has 0 aliphatic heterocycles. The van der Waals surface area contributed by atoms with Gasteiger partial charge >= 0.3 is 0 Å². The van der Waals surface area contributed by atoms with E-state index >= 15 is 0 Å². The van der Waals surface area contributed by atoms with E-state index in [0.29, 0.717) is 5.82 Å². The van der Waals surface area contributed by atoms with Crippen LogP contribution in [0.1, 0.15) is 23.6 Å². The molecule has 11 rings (SSSR count). The third-order valence-corrected chi connectivity index (χ3v) is 11.6. The van der Waals surface area contributed by atoms with E-state index in [9.17, 15) is 0 Å². The summed E-state index contributed by atoms with van der Waals surface area (Å²) in [6.45, 7) is 2.36. The zero-order valence-electron chi connectivity index (χ0n) is 30.2. The number of rotatable bonds is 5. The largest absolute Gasteiger partial charge is 0.456 e. The van der Waals surface area contributed by atoms with Gasteiger partial charge in [-0.2, -0.15) is 0 Å². The second kappa shape index (κ2) is 12.2. The molecule has 1 aliphatic rings. The standard InChI is InChI=1S/C52H34N2O/c1-52(38-19-6-3-7-20-38)43-24-11-10-22-40(43)49-41(23-13-25-44(49)52)46-32-45(53-51(54-46)34-15-4-2-5-16-34)37-18-12-17-35(30-37)36-27-28-47-42(31-36)50-39-21-9-8-14-33(39)26-29-48(50)55-47/h2-32H,1H3. The Labute approximate surface area is 319 Å². The smallest absolute Gasteiger partial charge is 0.160 e. The van der Waals surface area contributed by atoms with Gasteiger partial charge in [-0.05, 0) is 87.0 Å². The third-order valence-electron chi connectivity index (χ3n) is 11.6. The van der Waals surface area contributed by atoms with E-state index in [4.69, 9.17) is 14.4 Å². The molecule has 0 saturated heterocycles. The number of hydrogen-bond donors (Lipinski definition) is 0. The number of aromatic nitrogens is 2. The number of hydrogen-bond acceptors (Lipinski definition) is 3. The lowest BCUT2D eigenvalue weighted by molar-refractivity contribution is 0.669. The van der Waals surface area contributed by atoms with E-state index in [1.807, 2.05) is 18.2 Å². The highest BCUT2D eigenvalue weighted by Gasteiger charge is 2.41. The Morgan fingerprint density at radius 2 is 1.09 bits per heavy atom. The molecule has 0 fully saturated rings. The molecular formula is C52H34N2O. The molecule has 1 atom stereocenters. The van der Waals surface area contributed by atoms with Crippen molar-refractivity contribution in [3.63, 3.8) is 0 Å². The molecule has 0 saturated carbocycles. The first-order valence-corrected chi connectivity index (χ1v) is 18.8. The molecule has 1 aliphatic carbocycles. The molecule has 55 heavy (non-hydrogen) atoms. The Morgan fingerprint density at radius 1 is 0.436 bits per heavy atom. The van der Waals surface area contributed by atoms with Crippen LogP contribution in [0.4, 0.5) is 0 Å². The molecule has 8 aromatic carbocycles. The van der Waals surface area contributed by atoms with Gasteiger partial charge in [0.2, 0.25) is 0 Å². The summed E-state index contributed by atoms with van der Waals surface area (Å²) in [7, 11) is 0. The molecular weight excluding hydrogens is 669 g/mol. The van der Waals surface area contributed by atoms with Crippen LogP contribution in [0, 0.1) is 0 Å². The van der Waals surface area contributed by atoms with Crippen molar-refractivity contribution in [2.24, 2.45) is 0 Å². The quantitative estimate of drug-likeness (QED) is 0.179. The summed E-state index contributed by atoms with van der Waals surface area (Å²) in [6, 6.07) is 66.8. The Kier molecular flexibility index (Phi) is 6.99. The predicted octanol–water partition coefficient (Wildman–Crippen LogP) is 13.5. The van der Waals surface area contributed by atoms with Gasteiger partial charge in [-0.1, -0.05) is 158 Å². The molecule has 10 aromatic rings. The van der Waals surface area contributed by atoms with Crippen LogP contribution >= 0.6 is 0 Å². The maximum Gasteiger partial charge on any atom is 0.160 e. The van der Waals surface area contributed by atoms with Gasteiger partial charge in [-0.3, -0.25) is 0 Å². The molecule has 3 nitrogen and oxygen atoms in total. The summed E-state index contributed by atoms with van der Waals surface area (Å²) < 4.78 is 6.33. The Bertz CT molecular complexity index is 3110. The topological polar surface area (TPSA) is 38.9 Å². The number of benzene rings is 8. The minimum absolute atomic E-state index is 0.302. The van der Waals surface area contributed by atoms with Crippen molar-refractivity contribution in [3.05, 3.63) is 205 Å². The second-order valence-electron chi connectivity index (χ2n) is 14.6. The van der Waals surface area contributed by atoms with Crippen LogP contribution in [0.2, 0.25) is 0 Å². The summed E-state index contributed by atoms with van der Waals surface area (Å²) in [5, 5.41) is 4.67. The Hall–Kier alpha value is -7.10. The first-order chi connectivity index (χ1) is 27.1. The van der Waals surface area contributed by atoms with Crippen molar-refractivity contribution >= 4 is 32.7 Å². The van der Waals surface area contributed by atoms with Crippen LogP contribution in [0.25, 0.3) is 88.9 Å². The van der Waals surface area contributed by atoms with Crippen molar-refractivity contribution in [3.8, 4) is 56.2 Å². The van der Waals surface area contributed by atoms with Crippen LogP contribution in [-0.4, -0.2) is 9.97 Å². The van der Waals surface area contributed by atoms with Crippen LogP contribution in [0.15, 0.2) is 192 Å². The fraction of sp³-hybridized carbons (Fsp3) is 0.0385. The average Bonchev–Trinajstić information content (AvgIpc) is 3.77. The zero-order chi connectivity index (χ0) is 36.5. The first-order valence-electron chi connectivity index (χ1n) is 18.8. The van der Waals surface area contributed by atoms with Crippen molar-refractivity contribution < 1.29 is 4.42 Å². The number of nitrogens with zero attached hydrogens (tertiary/aromatic N) is 2. The Morgan fingerprint density at radius 3 is 1.98 bits per heavy atom. The minimum Gasteiger partial charge on any atom is -0.456 e. The molecule has 2 aromatic heterocycles. The highest BCUT2D eigenvalue weighted by molar-refractivity contribution is 6.19. The lowest BCUT2D eigenvalue weighted by atomic mass is 9.74. The van der Waals surface area contributed by atoms with Gasteiger partial charge < -0.3 is 4.42 Å². The van der Waals surface area contributed by atoms with Gasteiger partial charge in [0.25, 0.3) is 0 Å². The number of furan rings is 1. The molecule has 2 heterocycles. The fourth-order valence-corrected chi connectivity index (χ4v) is 8.87. The van der Waals surface area contributed by atoms with E-state index in [0.717, 1.165) is 61.1 Å². The van der Waals surface area contributed by atoms with Crippen LogP contribution in [0.3, 0.4) is 0 Å². The maximum absolute atomic E-state index is 6.33. The van der Waals surface area contributed by atoms with Gasteiger partial charge in [-0.15, -0.1) is 0 Å². The van der Waals surface area contributed by atoms with Crippen LogP contribution in [-0.2, 0) is 5.41 Å². The predicted molar refractivity (Wildman–Crippen MR) is 226 cm³/mol. The molecule has 0 N–H and O–H groups in total. The monoisotopic (exact) mass is 702 g/mol. The van der Waals surface area contributed by atoms with Gasteiger partial charge in [0.05, 0.1) is 11.4 Å². The number of fused-ring (bicyclic) bond motifs is 8. The molecule has 3 heteroatoms. The summed E-state index contributed by atoms with van der Waals surface area (Å²) in [4.78, 5) is 10.6. The van der Waals surface area contributed by atoms with E-state index in [-0.39, 0.29) is 5.41 Å². The minimum atomic E-state index is -0.302. The van der Waals surface area contributed by atoms with Gasteiger partial charge in [-0.25, -0.2) is 9.97 Å². The Balaban J connectivity index is 1.09. The molecule has 1 unspecified atom stereocenters. The molecule has 0 spiro atoms. The normalized spacial score (nSPS) is 14.7. The molecule has 0 amide bonds. The van der Waals surface area contributed by atoms with Crippen molar-refractivity contribution in [1.29, 1.82) is 0 Å². The highest BCUT2D eigenvalue weighted by Crippen LogP contribution is 2.55. The van der Waals surface area contributed by atoms with Gasteiger partial charge in [0.1, 0.15) is 11.2 Å². The molecule has 0 radical (unpaired) electrons. The van der Waals surface area contributed by atoms with E-state index in [1.165, 1.54) is 38.6 Å². The summed E-state index contributed by atoms with van der Waals surface area (Å²) in [5.74, 6) is 0.700. The SMILES string of the molecule is CC1(c2ccccc2)c2ccccc2-c2c(-c3cc(-c4cccc(-c5ccc6oc7ccc8ccccc8c7c6c5)c4)nc(-c4ccccc4)n3)cccc21. The lowest BCUT2D eigenvalue weighted by Crippen LogP contribution is -2.22. The van der Waals surface area contributed by atoms with Gasteiger partial charge in [0, 0.05) is 32.9 Å². The summed E-state index contributed by atoms with van der Waals surface area (Å²) in [6.07, 6.45) is 0. The van der Waals surface area contributed by atoms with Crippen LogP contribution in [0.5, 0.6) is 0 Å². The first kappa shape index (κ1) is 31.4. The summed E-state index contributed by atoms with van der Waals surface area (Å²) in [5.41, 5.74) is 15.0. The maximum atomic E-state index is 6.33. The second-order valence-corrected chi connectivity index (χ2v) is 14.6. The van der Waals surface area contributed by atoms with Crippen LogP contribution < -0.4 is 0 Å². The molecule has 258 valence electrons. The fourth-order valence-electron chi connectivity index (χ4n) is 8.87. The zero-order valence-corrected chi connectivity index (χ0v) is 30.2. The van der Waals surface area contributed by atoms with Crippen molar-refractivity contribution in [1.82, 2.24) is 9.97 Å². The lowest BCUT2D eigenvalue weighted by Gasteiger charge is -2.28. The third kappa shape index (κ3) is 4.90.